The number of hydrogen-bond donors (Lipinski definition) is 1. The first-order chi connectivity index (χ1) is 15.4. The minimum atomic E-state index is -1.31. The Morgan fingerprint density at radius 1 is 1.12 bits per heavy atom. The van der Waals surface area contributed by atoms with E-state index in [1.54, 1.807) is 44.4 Å². The van der Waals surface area contributed by atoms with Crippen molar-refractivity contribution in [2.75, 3.05) is 13.7 Å². The summed E-state index contributed by atoms with van der Waals surface area (Å²) in [5, 5.41) is 10.6. The average molecular weight is 438 g/mol. The van der Waals surface area contributed by atoms with E-state index in [1.165, 1.54) is 0 Å². The van der Waals surface area contributed by atoms with E-state index in [-0.39, 0.29) is 11.9 Å². The largest absolute Gasteiger partial charge is 0.493 e. The molecule has 1 N–H and O–H groups in total. The fourth-order valence-electron chi connectivity index (χ4n) is 5.40. The van der Waals surface area contributed by atoms with Crippen molar-refractivity contribution in [2.24, 2.45) is 0 Å². The van der Waals surface area contributed by atoms with Crippen molar-refractivity contribution < 1.29 is 24.2 Å². The van der Waals surface area contributed by atoms with E-state index in [9.17, 15) is 14.7 Å². The minimum absolute atomic E-state index is 0.00549. The van der Waals surface area contributed by atoms with Crippen LogP contribution in [0.2, 0.25) is 0 Å². The van der Waals surface area contributed by atoms with Gasteiger partial charge in [0.05, 0.1) is 19.8 Å². The molecular formula is C26H31NO5. The lowest BCUT2D eigenvalue weighted by Gasteiger charge is -2.50. The molecular weight excluding hydrogens is 406 g/mol. The van der Waals surface area contributed by atoms with Crippen LogP contribution in [0.15, 0.2) is 42.5 Å². The summed E-state index contributed by atoms with van der Waals surface area (Å²) >= 11 is 0. The highest BCUT2D eigenvalue weighted by Crippen LogP contribution is 2.50. The maximum Gasteiger partial charge on any atom is 0.316 e. The fourth-order valence-corrected chi connectivity index (χ4v) is 5.40. The van der Waals surface area contributed by atoms with Crippen LogP contribution in [0.1, 0.15) is 73.5 Å². The summed E-state index contributed by atoms with van der Waals surface area (Å²) in [5.74, 6) is 0.0940. The van der Waals surface area contributed by atoms with Gasteiger partial charge >= 0.3 is 5.97 Å². The highest BCUT2D eigenvalue weighted by molar-refractivity contribution is 6.02. The first-order valence-electron chi connectivity index (χ1n) is 11.4. The van der Waals surface area contributed by atoms with Crippen LogP contribution in [0.3, 0.4) is 0 Å². The molecule has 0 aromatic heterocycles. The van der Waals surface area contributed by atoms with Gasteiger partial charge in [0.25, 0.3) is 5.91 Å². The highest BCUT2D eigenvalue weighted by atomic mass is 16.5. The number of ether oxygens (including phenoxy) is 2. The quantitative estimate of drug-likeness (QED) is 0.691. The zero-order chi connectivity index (χ0) is 22.9. The summed E-state index contributed by atoms with van der Waals surface area (Å²) in [7, 11) is 1.58. The molecule has 6 heteroatoms. The number of carboxylic acids is 1. The Kier molecular flexibility index (Phi) is 6.13. The van der Waals surface area contributed by atoms with Crippen molar-refractivity contribution >= 4 is 11.9 Å². The Morgan fingerprint density at radius 3 is 2.50 bits per heavy atom. The van der Waals surface area contributed by atoms with Crippen molar-refractivity contribution in [1.82, 2.24) is 4.90 Å². The minimum Gasteiger partial charge on any atom is -0.493 e. The zero-order valence-corrected chi connectivity index (χ0v) is 19.0. The molecule has 1 aliphatic carbocycles. The predicted molar refractivity (Wildman–Crippen MR) is 121 cm³/mol. The molecule has 32 heavy (non-hydrogen) atoms. The molecule has 2 atom stereocenters. The summed E-state index contributed by atoms with van der Waals surface area (Å²) in [6, 6.07) is 12.0. The third kappa shape index (κ3) is 3.51. The van der Waals surface area contributed by atoms with Gasteiger partial charge in [0.1, 0.15) is 5.41 Å². The summed E-state index contributed by atoms with van der Waals surface area (Å²) in [4.78, 5) is 28.6. The first-order valence-corrected chi connectivity index (χ1v) is 11.4. The second kappa shape index (κ2) is 8.85. The van der Waals surface area contributed by atoms with Crippen molar-refractivity contribution in [2.45, 2.75) is 63.5 Å². The second-order valence-electron chi connectivity index (χ2n) is 8.80. The molecule has 1 fully saturated rings. The fraction of sp³-hybridized carbons (Fsp3) is 0.462. The monoisotopic (exact) mass is 437 g/mol. The number of methoxy groups -OCH3 is 1. The Hall–Kier alpha value is -3.02. The summed E-state index contributed by atoms with van der Waals surface area (Å²) in [6.07, 6.45) is 5.00. The standard InChI is InChI=1S/C26H31NO5/c1-4-32-22-16-17(14-15-21(22)31-3)23-26(2,25(29)30)20-13-9-8-12-19(20)24(28)27(23)18-10-6-5-7-11-18/h8-9,12-16,18,23H,4-7,10-11H2,1-3H3,(H,29,30)/t23-,26-/m1/s1. The summed E-state index contributed by atoms with van der Waals surface area (Å²) in [6.45, 7) is 4.09. The van der Waals surface area contributed by atoms with Gasteiger partial charge in [0.15, 0.2) is 11.5 Å². The van der Waals surface area contributed by atoms with Crippen molar-refractivity contribution in [1.29, 1.82) is 0 Å². The van der Waals surface area contributed by atoms with Crippen molar-refractivity contribution in [3.8, 4) is 11.5 Å². The Bertz CT molecular complexity index is 1010. The maximum atomic E-state index is 13.8. The van der Waals surface area contributed by atoms with Crippen molar-refractivity contribution in [3.05, 3.63) is 59.2 Å². The molecule has 6 nitrogen and oxygen atoms in total. The van der Waals surface area contributed by atoms with Gasteiger partial charge in [-0.2, -0.15) is 0 Å². The normalized spacial score (nSPS) is 23.5. The molecule has 0 bridgehead atoms. The van der Waals surface area contributed by atoms with Crippen LogP contribution >= 0.6 is 0 Å². The molecule has 0 unspecified atom stereocenters. The van der Waals surface area contributed by atoms with E-state index in [2.05, 4.69) is 0 Å². The van der Waals surface area contributed by atoms with Crippen LogP contribution in [0, 0.1) is 0 Å². The van der Waals surface area contributed by atoms with Crippen LogP contribution in [-0.4, -0.2) is 41.6 Å². The lowest BCUT2D eigenvalue weighted by molar-refractivity contribution is -0.146. The van der Waals surface area contributed by atoms with E-state index in [1.807, 2.05) is 24.0 Å². The van der Waals surface area contributed by atoms with Crippen LogP contribution < -0.4 is 9.47 Å². The van der Waals surface area contributed by atoms with Crippen LogP contribution in [0.5, 0.6) is 11.5 Å². The second-order valence-corrected chi connectivity index (χ2v) is 8.80. The Morgan fingerprint density at radius 2 is 1.84 bits per heavy atom. The maximum absolute atomic E-state index is 13.8. The number of hydrogen-bond acceptors (Lipinski definition) is 4. The number of rotatable bonds is 6. The first kappa shape index (κ1) is 22.2. The van der Waals surface area contributed by atoms with Crippen LogP contribution in [0.4, 0.5) is 0 Å². The van der Waals surface area contributed by atoms with E-state index >= 15 is 0 Å². The van der Waals surface area contributed by atoms with Gasteiger partial charge in [-0.15, -0.1) is 0 Å². The number of fused-ring (bicyclic) bond motifs is 1. The molecule has 4 rings (SSSR count). The Labute approximate surface area is 189 Å². The number of aliphatic carboxylic acids is 1. The lowest BCUT2D eigenvalue weighted by Crippen LogP contribution is -2.57. The van der Waals surface area contributed by atoms with Gasteiger partial charge < -0.3 is 19.5 Å². The van der Waals surface area contributed by atoms with E-state index in [4.69, 9.17) is 9.47 Å². The van der Waals surface area contributed by atoms with E-state index < -0.39 is 17.4 Å². The number of benzene rings is 2. The highest BCUT2D eigenvalue weighted by Gasteiger charge is 2.55. The molecule has 1 aliphatic heterocycles. The number of amides is 1. The number of carbonyl (C=O) groups is 2. The van der Waals surface area contributed by atoms with Gasteiger partial charge in [-0.3, -0.25) is 9.59 Å². The molecule has 0 radical (unpaired) electrons. The molecule has 1 saturated carbocycles. The number of carbonyl (C=O) groups excluding carboxylic acids is 1. The number of carboxylic acid groups (broad SMARTS) is 1. The van der Waals surface area contributed by atoms with E-state index in [0.29, 0.717) is 29.2 Å². The molecule has 0 spiro atoms. The third-order valence-corrected chi connectivity index (χ3v) is 6.99. The molecule has 2 aromatic rings. The summed E-state index contributed by atoms with van der Waals surface area (Å²) in [5.41, 5.74) is 0.480. The number of nitrogens with zero attached hydrogens (tertiary/aromatic N) is 1. The van der Waals surface area contributed by atoms with Gasteiger partial charge in [-0.1, -0.05) is 43.5 Å². The zero-order valence-electron chi connectivity index (χ0n) is 19.0. The molecule has 170 valence electrons. The molecule has 2 aliphatic rings. The van der Waals surface area contributed by atoms with Gasteiger partial charge in [-0.05, 0) is 56.0 Å². The molecule has 0 saturated heterocycles. The Balaban J connectivity index is 1.95. The van der Waals surface area contributed by atoms with Crippen LogP contribution in [-0.2, 0) is 10.2 Å². The van der Waals surface area contributed by atoms with Gasteiger partial charge in [0, 0.05) is 11.6 Å². The topological polar surface area (TPSA) is 76.1 Å². The lowest BCUT2D eigenvalue weighted by atomic mass is 9.67. The summed E-state index contributed by atoms with van der Waals surface area (Å²) < 4.78 is 11.2. The van der Waals surface area contributed by atoms with Crippen molar-refractivity contribution in [3.63, 3.8) is 0 Å². The molecule has 2 aromatic carbocycles. The average Bonchev–Trinajstić information content (AvgIpc) is 2.82. The van der Waals surface area contributed by atoms with Crippen LogP contribution in [0.25, 0.3) is 0 Å². The third-order valence-electron chi connectivity index (χ3n) is 6.99. The smallest absolute Gasteiger partial charge is 0.316 e. The molecule has 1 amide bonds. The predicted octanol–water partition coefficient (Wildman–Crippen LogP) is 4.97. The van der Waals surface area contributed by atoms with Gasteiger partial charge in [-0.25, -0.2) is 0 Å². The van der Waals surface area contributed by atoms with Gasteiger partial charge in [0.2, 0.25) is 0 Å². The SMILES string of the molecule is CCOc1cc([C@H]2N(C3CCCCC3)C(=O)c3ccccc3[C@@]2(C)C(=O)O)ccc1OC. The van der Waals surface area contributed by atoms with E-state index in [0.717, 1.165) is 37.7 Å². The molecule has 1 heterocycles.